The van der Waals surface area contributed by atoms with E-state index in [1.807, 2.05) is 18.2 Å². The van der Waals surface area contributed by atoms with E-state index < -0.39 is 0 Å². The van der Waals surface area contributed by atoms with Crippen molar-refractivity contribution in [3.05, 3.63) is 75.7 Å². The molecule has 0 bridgehead atoms. The van der Waals surface area contributed by atoms with Gasteiger partial charge in [-0.1, -0.05) is 59.1 Å². The van der Waals surface area contributed by atoms with Gasteiger partial charge in [-0.25, -0.2) is 9.13 Å². The molecule has 0 fully saturated rings. The van der Waals surface area contributed by atoms with Crippen molar-refractivity contribution < 1.29 is 17.0 Å². The number of imidazole rings is 1. The number of aromatic nitrogens is 2. The van der Waals surface area contributed by atoms with Crippen LogP contribution in [0.2, 0.25) is 10.0 Å². The molecule has 2 heterocycles. The summed E-state index contributed by atoms with van der Waals surface area (Å²) in [7, 11) is 0. The molecule has 0 N–H and O–H groups in total. The summed E-state index contributed by atoms with van der Waals surface area (Å²) in [5.41, 5.74) is 5.03. The average Bonchev–Trinajstić information content (AvgIpc) is 3.16. The summed E-state index contributed by atoms with van der Waals surface area (Å²) in [6.07, 6.45) is 4.59. The molecular weight excluding hydrogens is 375 g/mol. The van der Waals surface area contributed by atoms with E-state index in [9.17, 15) is 0 Å². The number of hydrogen-bond acceptors (Lipinski definition) is 0. The maximum absolute atomic E-state index is 6.17. The van der Waals surface area contributed by atoms with Crippen molar-refractivity contribution in [1.82, 2.24) is 4.57 Å². The third kappa shape index (κ3) is 3.57. The first-order valence-corrected chi connectivity index (χ1v) is 9.00. The Morgan fingerprint density at radius 3 is 2.52 bits per heavy atom. The number of aryl methyl sites for hydroxylation is 1. The minimum absolute atomic E-state index is 0. The highest BCUT2D eigenvalue weighted by Gasteiger charge is 2.28. The molecular formula is C20H19Cl3N2. The Hall–Kier alpha value is -1.48. The molecule has 0 amide bonds. The lowest BCUT2D eigenvalue weighted by atomic mass is 10.1. The van der Waals surface area contributed by atoms with Crippen LogP contribution >= 0.6 is 23.2 Å². The molecule has 5 heteroatoms. The van der Waals surface area contributed by atoms with Crippen LogP contribution in [0.5, 0.6) is 0 Å². The smallest absolute Gasteiger partial charge is 0.257 e. The van der Waals surface area contributed by atoms with Gasteiger partial charge in [0.25, 0.3) is 5.82 Å². The van der Waals surface area contributed by atoms with Crippen molar-refractivity contribution in [2.75, 3.05) is 0 Å². The molecule has 1 aliphatic rings. The normalized spacial score (nSPS) is 12.8. The number of fused-ring (bicyclic) bond motifs is 1. The molecule has 0 unspecified atom stereocenters. The topological polar surface area (TPSA) is 8.81 Å². The molecule has 0 saturated carbocycles. The number of halogens is 3. The molecule has 130 valence electrons. The van der Waals surface area contributed by atoms with E-state index in [2.05, 4.69) is 46.5 Å². The molecule has 3 aromatic rings. The van der Waals surface area contributed by atoms with Gasteiger partial charge in [0.2, 0.25) is 0 Å². The Balaban J connectivity index is 0.00000182. The standard InChI is InChI=1S/C20H19Cl2N2.ClH/c1-14-4-7-16(8-5-14)19-13-23(20-3-2-10-24(19)20)12-15-6-9-17(21)18(22)11-15;/h4-9,11,13H,2-3,10,12H2,1H3;1H/q+1;/p-1. The molecule has 0 aliphatic carbocycles. The Morgan fingerprint density at radius 2 is 1.80 bits per heavy atom. The van der Waals surface area contributed by atoms with Gasteiger partial charge in [0, 0.05) is 5.56 Å². The first kappa shape index (κ1) is 18.3. The summed E-state index contributed by atoms with van der Waals surface area (Å²) in [4.78, 5) is 0. The first-order valence-electron chi connectivity index (χ1n) is 8.24. The fourth-order valence-electron chi connectivity index (χ4n) is 3.44. The molecule has 0 atom stereocenters. The Labute approximate surface area is 164 Å². The van der Waals surface area contributed by atoms with E-state index >= 15 is 0 Å². The maximum Gasteiger partial charge on any atom is 0.257 e. The monoisotopic (exact) mass is 392 g/mol. The fourth-order valence-corrected chi connectivity index (χ4v) is 3.76. The van der Waals surface area contributed by atoms with Gasteiger partial charge in [-0.15, -0.1) is 0 Å². The van der Waals surface area contributed by atoms with Crippen LogP contribution in [0.3, 0.4) is 0 Å². The van der Waals surface area contributed by atoms with Crippen LogP contribution < -0.4 is 17.0 Å². The summed E-state index contributed by atoms with van der Waals surface area (Å²) < 4.78 is 4.80. The molecule has 0 radical (unpaired) electrons. The summed E-state index contributed by atoms with van der Waals surface area (Å²) >= 11 is 12.2. The van der Waals surface area contributed by atoms with Gasteiger partial charge < -0.3 is 12.4 Å². The number of hydrogen-bond donors (Lipinski definition) is 0. The quantitative estimate of drug-likeness (QED) is 0.602. The zero-order chi connectivity index (χ0) is 16.7. The van der Waals surface area contributed by atoms with E-state index in [4.69, 9.17) is 23.2 Å². The van der Waals surface area contributed by atoms with Gasteiger partial charge in [0.05, 0.1) is 23.0 Å². The van der Waals surface area contributed by atoms with Crippen molar-refractivity contribution in [3.63, 3.8) is 0 Å². The first-order chi connectivity index (χ1) is 11.6. The lowest BCUT2D eigenvalue weighted by Gasteiger charge is -2.02. The van der Waals surface area contributed by atoms with Crippen molar-refractivity contribution in [2.24, 2.45) is 0 Å². The van der Waals surface area contributed by atoms with Gasteiger partial charge in [-0.3, -0.25) is 0 Å². The maximum atomic E-state index is 6.17. The van der Waals surface area contributed by atoms with Crippen LogP contribution in [0.1, 0.15) is 23.4 Å². The number of nitrogens with zero attached hydrogens (tertiary/aromatic N) is 2. The van der Waals surface area contributed by atoms with Crippen LogP contribution in [0, 0.1) is 6.92 Å². The molecule has 1 aromatic heterocycles. The van der Waals surface area contributed by atoms with Crippen LogP contribution in [-0.4, -0.2) is 4.57 Å². The zero-order valence-corrected chi connectivity index (χ0v) is 16.2. The lowest BCUT2D eigenvalue weighted by molar-refractivity contribution is -0.694. The summed E-state index contributed by atoms with van der Waals surface area (Å²) in [6, 6.07) is 14.6. The van der Waals surface area contributed by atoms with Crippen molar-refractivity contribution in [3.8, 4) is 11.3 Å². The second-order valence-corrected chi connectivity index (χ2v) is 7.24. The van der Waals surface area contributed by atoms with Gasteiger partial charge >= 0.3 is 0 Å². The van der Waals surface area contributed by atoms with E-state index in [1.165, 1.54) is 34.6 Å². The summed E-state index contributed by atoms with van der Waals surface area (Å²) in [5.74, 6) is 1.39. The van der Waals surface area contributed by atoms with Gasteiger partial charge in [-0.2, -0.15) is 0 Å². The Kier molecular flexibility index (Phi) is 5.43. The second-order valence-electron chi connectivity index (χ2n) is 6.43. The van der Waals surface area contributed by atoms with Gasteiger partial charge in [-0.05, 0) is 31.0 Å². The SMILES string of the molecule is Cc1ccc(-c2c[n+](Cc3ccc(Cl)c(Cl)c3)c3n2CCC3)cc1.[Cl-]. The highest BCUT2D eigenvalue weighted by atomic mass is 35.5. The van der Waals surface area contributed by atoms with Crippen molar-refractivity contribution >= 4 is 23.2 Å². The average molecular weight is 394 g/mol. The van der Waals surface area contributed by atoms with E-state index in [0.29, 0.717) is 10.0 Å². The molecule has 2 nitrogen and oxygen atoms in total. The molecule has 2 aromatic carbocycles. The Morgan fingerprint density at radius 1 is 1.04 bits per heavy atom. The second kappa shape index (κ2) is 7.41. The van der Waals surface area contributed by atoms with Crippen LogP contribution in [0.15, 0.2) is 48.7 Å². The molecule has 0 spiro atoms. The van der Waals surface area contributed by atoms with Gasteiger partial charge in [0.1, 0.15) is 12.7 Å². The van der Waals surface area contributed by atoms with Crippen LogP contribution in [0.25, 0.3) is 11.3 Å². The minimum Gasteiger partial charge on any atom is -1.00 e. The van der Waals surface area contributed by atoms with Crippen LogP contribution in [0.4, 0.5) is 0 Å². The fraction of sp³-hybridized carbons (Fsp3) is 0.250. The number of rotatable bonds is 3. The molecule has 0 saturated heterocycles. The zero-order valence-electron chi connectivity index (χ0n) is 14.0. The summed E-state index contributed by atoms with van der Waals surface area (Å²) in [5, 5.41) is 1.22. The Bertz CT molecular complexity index is 898. The van der Waals surface area contributed by atoms with Crippen molar-refractivity contribution in [2.45, 2.75) is 32.9 Å². The molecule has 1 aliphatic heterocycles. The summed E-state index contributed by atoms with van der Waals surface area (Å²) in [6.45, 7) is 4.03. The highest BCUT2D eigenvalue weighted by Crippen LogP contribution is 2.26. The van der Waals surface area contributed by atoms with E-state index in [0.717, 1.165) is 19.5 Å². The third-order valence-electron chi connectivity index (χ3n) is 4.68. The van der Waals surface area contributed by atoms with E-state index in [-0.39, 0.29) is 12.4 Å². The highest BCUT2D eigenvalue weighted by molar-refractivity contribution is 6.42. The van der Waals surface area contributed by atoms with Gasteiger partial charge in [0.15, 0.2) is 5.69 Å². The predicted molar refractivity (Wildman–Crippen MR) is 98.7 cm³/mol. The molecule has 25 heavy (non-hydrogen) atoms. The minimum atomic E-state index is 0. The van der Waals surface area contributed by atoms with E-state index in [1.54, 1.807) is 0 Å². The number of benzene rings is 2. The predicted octanol–water partition coefficient (Wildman–Crippen LogP) is 2.06. The van der Waals surface area contributed by atoms with Crippen molar-refractivity contribution in [1.29, 1.82) is 0 Å². The van der Waals surface area contributed by atoms with Crippen LogP contribution in [-0.2, 0) is 19.5 Å². The molecule has 4 rings (SSSR count). The largest absolute Gasteiger partial charge is 1.00 e. The third-order valence-corrected chi connectivity index (χ3v) is 5.42. The lowest BCUT2D eigenvalue weighted by Crippen LogP contribution is -3.00.